The summed E-state index contributed by atoms with van der Waals surface area (Å²) in [6.07, 6.45) is 4.78. The Morgan fingerprint density at radius 2 is 2.00 bits per heavy atom. The standard InChI is InChI=1S/C13H21NO3S/c1-3-10-14(9(8-18-10)11(15)16)12(17)13(2)6-4-5-7-13/h9-10H,3-8H2,1-2H3,(H,15,16). The highest BCUT2D eigenvalue weighted by Crippen LogP contribution is 2.43. The second-order valence-electron chi connectivity index (χ2n) is 5.53. The topological polar surface area (TPSA) is 57.6 Å². The van der Waals surface area contributed by atoms with E-state index >= 15 is 0 Å². The van der Waals surface area contributed by atoms with Gasteiger partial charge in [0.15, 0.2) is 0 Å². The Kier molecular flexibility index (Phi) is 3.90. The number of carboxylic acids is 1. The van der Waals surface area contributed by atoms with Crippen LogP contribution in [0.3, 0.4) is 0 Å². The highest BCUT2D eigenvalue weighted by molar-refractivity contribution is 8.00. The second kappa shape index (κ2) is 5.11. The van der Waals surface area contributed by atoms with Gasteiger partial charge in [0, 0.05) is 11.2 Å². The smallest absolute Gasteiger partial charge is 0.327 e. The number of hydrogen-bond donors (Lipinski definition) is 1. The van der Waals surface area contributed by atoms with Gasteiger partial charge < -0.3 is 10.0 Å². The molecular formula is C13H21NO3S. The number of nitrogens with zero attached hydrogens (tertiary/aromatic N) is 1. The maximum absolute atomic E-state index is 12.7. The molecular weight excluding hydrogens is 250 g/mol. The van der Waals surface area contributed by atoms with E-state index in [1.807, 2.05) is 13.8 Å². The molecule has 2 fully saturated rings. The normalized spacial score (nSPS) is 30.7. The zero-order valence-corrected chi connectivity index (χ0v) is 11.8. The zero-order valence-electron chi connectivity index (χ0n) is 11.0. The first kappa shape index (κ1) is 13.7. The van der Waals surface area contributed by atoms with Gasteiger partial charge >= 0.3 is 5.97 Å². The van der Waals surface area contributed by atoms with E-state index in [0.29, 0.717) is 5.75 Å². The van der Waals surface area contributed by atoms with Gasteiger partial charge in [0.1, 0.15) is 6.04 Å². The van der Waals surface area contributed by atoms with E-state index in [1.54, 1.807) is 16.7 Å². The van der Waals surface area contributed by atoms with E-state index in [0.717, 1.165) is 32.1 Å². The number of carboxylic acid groups (broad SMARTS) is 1. The van der Waals surface area contributed by atoms with Crippen molar-refractivity contribution in [3.63, 3.8) is 0 Å². The van der Waals surface area contributed by atoms with Crippen molar-refractivity contribution in [1.29, 1.82) is 0 Å². The third-order valence-corrected chi connectivity index (χ3v) is 5.64. The molecule has 1 heterocycles. The van der Waals surface area contributed by atoms with Crippen LogP contribution in [0.1, 0.15) is 46.0 Å². The largest absolute Gasteiger partial charge is 0.480 e. The van der Waals surface area contributed by atoms with E-state index in [9.17, 15) is 14.7 Å². The van der Waals surface area contributed by atoms with Crippen molar-refractivity contribution >= 4 is 23.6 Å². The fourth-order valence-corrected chi connectivity index (χ4v) is 4.37. The Balaban J connectivity index is 2.21. The maximum atomic E-state index is 12.7. The molecule has 2 unspecified atom stereocenters. The fraction of sp³-hybridized carbons (Fsp3) is 0.846. The summed E-state index contributed by atoms with van der Waals surface area (Å²) in [5.74, 6) is -0.284. The third kappa shape index (κ3) is 2.25. The minimum Gasteiger partial charge on any atom is -0.480 e. The van der Waals surface area contributed by atoms with Gasteiger partial charge in [0.2, 0.25) is 5.91 Å². The van der Waals surface area contributed by atoms with E-state index in [4.69, 9.17) is 0 Å². The summed E-state index contributed by atoms with van der Waals surface area (Å²) in [7, 11) is 0. The highest BCUT2D eigenvalue weighted by atomic mass is 32.2. The van der Waals surface area contributed by atoms with Crippen LogP contribution in [0.2, 0.25) is 0 Å². The van der Waals surface area contributed by atoms with Crippen LogP contribution in [-0.2, 0) is 9.59 Å². The summed E-state index contributed by atoms with van der Waals surface area (Å²) in [6.45, 7) is 4.01. The number of rotatable bonds is 3. The van der Waals surface area contributed by atoms with Crippen LogP contribution in [-0.4, -0.2) is 39.1 Å². The maximum Gasteiger partial charge on any atom is 0.327 e. The van der Waals surface area contributed by atoms with Gasteiger partial charge in [-0.05, 0) is 19.3 Å². The van der Waals surface area contributed by atoms with E-state index in [2.05, 4.69) is 0 Å². The summed E-state index contributed by atoms with van der Waals surface area (Å²) in [6, 6.07) is -0.634. The van der Waals surface area contributed by atoms with Crippen LogP contribution in [0.5, 0.6) is 0 Å². The molecule has 1 amide bonds. The Labute approximate surface area is 112 Å². The van der Waals surface area contributed by atoms with Crippen molar-refractivity contribution in [1.82, 2.24) is 4.90 Å². The first-order chi connectivity index (χ1) is 8.49. The van der Waals surface area contributed by atoms with Crippen molar-refractivity contribution in [3.05, 3.63) is 0 Å². The molecule has 1 saturated carbocycles. The molecule has 0 radical (unpaired) electrons. The van der Waals surface area contributed by atoms with Gasteiger partial charge in [-0.1, -0.05) is 26.7 Å². The number of amides is 1. The van der Waals surface area contributed by atoms with Crippen LogP contribution in [0.4, 0.5) is 0 Å². The predicted molar refractivity (Wildman–Crippen MR) is 71.4 cm³/mol. The summed E-state index contributed by atoms with van der Waals surface area (Å²) >= 11 is 1.60. The van der Waals surface area contributed by atoms with E-state index in [1.165, 1.54) is 0 Å². The lowest BCUT2D eigenvalue weighted by atomic mass is 9.86. The molecule has 0 aromatic heterocycles. The molecule has 0 bridgehead atoms. The zero-order chi connectivity index (χ0) is 13.3. The summed E-state index contributed by atoms with van der Waals surface area (Å²) in [4.78, 5) is 25.6. The first-order valence-electron chi connectivity index (χ1n) is 6.67. The molecule has 4 nitrogen and oxygen atoms in total. The number of aliphatic carboxylic acids is 1. The van der Waals surface area contributed by atoms with Gasteiger partial charge in [0.05, 0.1) is 5.37 Å². The van der Waals surface area contributed by atoms with Crippen molar-refractivity contribution in [2.24, 2.45) is 5.41 Å². The molecule has 1 N–H and O–H groups in total. The molecule has 0 spiro atoms. The number of carbonyl (C=O) groups is 2. The van der Waals surface area contributed by atoms with E-state index in [-0.39, 0.29) is 16.7 Å². The van der Waals surface area contributed by atoms with Crippen LogP contribution in [0.15, 0.2) is 0 Å². The third-order valence-electron chi connectivity index (χ3n) is 4.18. The average Bonchev–Trinajstić information content (AvgIpc) is 2.94. The quantitative estimate of drug-likeness (QED) is 0.856. The lowest BCUT2D eigenvalue weighted by Crippen LogP contribution is -2.50. The highest BCUT2D eigenvalue weighted by Gasteiger charge is 2.47. The van der Waals surface area contributed by atoms with E-state index < -0.39 is 12.0 Å². The molecule has 2 rings (SSSR count). The van der Waals surface area contributed by atoms with Gasteiger partial charge in [-0.3, -0.25) is 4.79 Å². The minimum absolute atomic E-state index is 0.0380. The van der Waals surface area contributed by atoms with Crippen molar-refractivity contribution in [2.75, 3.05) is 5.75 Å². The predicted octanol–water partition coefficient (Wildman–Crippen LogP) is 2.33. The molecule has 1 aliphatic heterocycles. The molecule has 18 heavy (non-hydrogen) atoms. The Hall–Kier alpha value is -0.710. The fourth-order valence-electron chi connectivity index (χ4n) is 3.02. The minimum atomic E-state index is -0.867. The Morgan fingerprint density at radius 3 is 2.50 bits per heavy atom. The molecule has 0 aromatic carbocycles. The molecule has 5 heteroatoms. The lowest BCUT2D eigenvalue weighted by molar-refractivity contribution is -0.153. The average molecular weight is 271 g/mol. The molecule has 102 valence electrons. The molecule has 0 aromatic rings. The monoisotopic (exact) mass is 271 g/mol. The number of hydrogen-bond acceptors (Lipinski definition) is 3. The van der Waals surface area contributed by atoms with Gasteiger partial charge in [-0.15, -0.1) is 11.8 Å². The first-order valence-corrected chi connectivity index (χ1v) is 7.71. The summed E-state index contributed by atoms with van der Waals surface area (Å²) in [5, 5.41) is 9.30. The molecule has 2 aliphatic rings. The van der Waals surface area contributed by atoms with Gasteiger partial charge in [0.25, 0.3) is 0 Å². The summed E-state index contributed by atoms with van der Waals surface area (Å²) in [5.41, 5.74) is -0.327. The SMILES string of the molecule is CCC1SCC(C(=O)O)N1C(=O)C1(C)CCCC1. The second-order valence-corrected chi connectivity index (χ2v) is 6.74. The van der Waals surface area contributed by atoms with Crippen LogP contribution in [0, 0.1) is 5.41 Å². The van der Waals surface area contributed by atoms with Crippen LogP contribution in [0.25, 0.3) is 0 Å². The van der Waals surface area contributed by atoms with Crippen molar-refractivity contribution in [2.45, 2.75) is 57.4 Å². The summed E-state index contributed by atoms with van der Waals surface area (Å²) < 4.78 is 0. The molecule has 2 atom stereocenters. The van der Waals surface area contributed by atoms with Crippen LogP contribution < -0.4 is 0 Å². The van der Waals surface area contributed by atoms with Crippen LogP contribution >= 0.6 is 11.8 Å². The molecule has 1 aliphatic carbocycles. The Bertz CT molecular complexity index is 352. The Morgan fingerprint density at radius 1 is 1.39 bits per heavy atom. The number of carbonyl (C=O) groups excluding carboxylic acids is 1. The lowest BCUT2D eigenvalue weighted by Gasteiger charge is -2.34. The molecule has 1 saturated heterocycles. The van der Waals surface area contributed by atoms with Gasteiger partial charge in [-0.25, -0.2) is 4.79 Å². The number of thioether (sulfide) groups is 1. The van der Waals surface area contributed by atoms with Crippen molar-refractivity contribution in [3.8, 4) is 0 Å². The van der Waals surface area contributed by atoms with Crippen molar-refractivity contribution < 1.29 is 14.7 Å². The van der Waals surface area contributed by atoms with Gasteiger partial charge in [-0.2, -0.15) is 0 Å².